The van der Waals surface area contributed by atoms with Crippen LogP contribution < -0.4 is 19.6 Å². The van der Waals surface area contributed by atoms with E-state index in [4.69, 9.17) is 0 Å². The van der Waals surface area contributed by atoms with Gasteiger partial charge in [0.25, 0.3) is 0 Å². The van der Waals surface area contributed by atoms with Crippen LogP contribution in [0.3, 0.4) is 0 Å². The highest BCUT2D eigenvalue weighted by atomic mass is 15.1. The van der Waals surface area contributed by atoms with E-state index >= 15 is 0 Å². The minimum absolute atomic E-state index is 0.792. The van der Waals surface area contributed by atoms with Gasteiger partial charge in [-0.25, -0.2) is 0 Å². The summed E-state index contributed by atoms with van der Waals surface area (Å²) in [6.45, 7) is 18.6. The van der Waals surface area contributed by atoms with Gasteiger partial charge in [0.05, 0.1) is 0 Å². The molecule has 3 rings (SSSR count). The van der Waals surface area contributed by atoms with Crippen molar-refractivity contribution in [3.05, 3.63) is 123 Å². The molecule has 0 aromatic heterocycles. The van der Waals surface area contributed by atoms with Crippen LogP contribution >= 0.6 is 0 Å². The zero-order chi connectivity index (χ0) is 25.9. The van der Waals surface area contributed by atoms with Crippen molar-refractivity contribution in [2.75, 3.05) is 59.9 Å². The van der Waals surface area contributed by atoms with Gasteiger partial charge in [-0.05, 0) is 72.8 Å². The third-order valence-electron chi connectivity index (χ3n) is 6.23. The lowest BCUT2D eigenvalue weighted by molar-refractivity contribution is 0.956. The molecule has 0 spiro atoms. The molecule has 0 aliphatic carbocycles. The number of benzene rings is 3. The first-order valence-electron chi connectivity index (χ1n) is 12.2. The monoisotopic (exact) mass is 478 g/mol. The first kappa shape index (κ1) is 26.4. The first-order chi connectivity index (χ1) is 17.5. The summed E-state index contributed by atoms with van der Waals surface area (Å²) in [5.41, 5.74) is 6.86. The zero-order valence-corrected chi connectivity index (χ0v) is 21.7. The molecule has 186 valence electrons. The zero-order valence-electron chi connectivity index (χ0n) is 21.7. The van der Waals surface area contributed by atoms with E-state index in [1.54, 1.807) is 0 Å². The molecule has 0 fully saturated rings. The second-order valence-corrected chi connectivity index (χ2v) is 8.63. The molecule has 3 aromatic rings. The molecule has 0 saturated carbocycles. The molecule has 4 nitrogen and oxygen atoms in total. The number of nitrogens with zero attached hydrogens (tertiary/aromatic N) is 4. The van der Waals surface area contributed by atoms with E-state index in [0.29, 0.717) is 0 Å². The summed E-state index contributed by atoms with van der Waals surface area (Å²) in [6, 6.07) is 25.8. The van der Waals surface area contributed by atoms with Crippen molar-refractivity contribution in [2.45, 2.75) is 0 Å². The van der Waals surface area contributed by atoms with E-state index in [2.05, 4.69) is 133 Å². The summed E-state index contributed by atoms with van der Waals surface area (Å²) in [5.74, 6) is 0. The Labute approximate surface area is 217 Å². The molecule has 0 amide bonds. The smallest absolute Gasteiger partial charge is 0.0409 e. The molecular formula is C32H38N4. The largest absolute Gasteiger partial charge is 0.364 e. The molecule has 0 bridgehead atoms. The van der Waals surface area contributed by atoms with Crippen LogP contribution in [0.4, 0.5) is 34.1 Å². The second-order valence-electron chi connectivity index (χ2n) is 8.63. The minimum Gasteiger partial charge on any atom is -0.364 e. The molecule has 4 heteroatoms. The van der Waals surface area contributed by atoms with Crippen LogP contribution in [0.5, 0.6) is 0 Å². The molecule has 0 atom stereocenters. The van der Waals surface area contributed by atoms with E-state index < -0.39 is 0 Å². The molecule has 0 aliphatic heterocycles. The van der Waals surface area contributed by atoms with Crippen molar-refractivity contribution in [1.82, 2.24) is 0 Å². The Morgan fingerprint density at radius 3 is 0.806 bits per heavy atom. The van der Waals surface area contributed by atoms with Gasteiger partial charge in [0.1, 0.15) is 0 Å². The molecule has 0 aliphatic rings. The Morgan fingerprint density at radius 2 is 0.611 bits per heavy atom. The lowest BCUT2D eigenvalue weighted by atomic mass is 10.2. The molecule has 3 aromatic carbocycles. The van der Waals surface area contributed by atoms with Crippen molar-refractivity contribution in [2.24, 2.45) is 0 Å². The van der Waals surface area contributed by atoms with Crippen LogP contribution in [-0.2, 0) is 0 Å². The van der Waals surface area contributed by atoms with E-state index in [1.807, 2.05) is 24.3 Å². The van der Waals surface area contributed by atoms with Gasteiger partial charge in [0, 0.05) is 74.4 Å². The number of rotatable bonds is 14. The summed E-state index contributed by atoms with van der Waals surface area (Å²) < 4.78 is 0. The number of anilines is 6. The standard InChI is InChI=1S/C32H38N4/c1-7-23-35(24-8-2)31-19-15-29(16-20-31)33(5)27-11-13-28(14-12-27)34(6)30-17-21-32(22-18-30)36(25-9-3)26-10-4/h7-22H,1-4,23-26H2,5-6H3. The highest BCUT2D eigenvalue weighted by molar-refractivity contribution is 5.70. The quantitative estimate of drug-likeness (QED) is 0.221. The lowest BCUT2D eigenvalue weighted by Gasteiger charge is -2.25. The highest BCUT2D eigenvalue weighted by Gasteiger charge is 2.10. The maximum absolute atomic E-state index is 3.86. The van der Waals surface area contributed by atoms with E-state index in [9.17, 15) is 0 Å². The SMILES string of the molecule is C=CCN(CC=C)c1ccc(N(C)c2ccc(N(C)c3ccc(N(CC=C)CC=C)cc3)cc2)cc1. The van der Waals surface area contributed by atoms with Crippen LogP contribution in [0.2, 0.25) is 0 Å². The van der Waals surface area contributed by atoms with Crippen molar-refractivity contribution < 1.29 is 0 Å². The van der Waals surface area contributed by atoms with Crippen LogP contribution in [0.25, 0.3) is 0 Å². The first-order valence-corrected chi connectivity index (χ1v) is 12.2. The van der Waals surface area contributed by atoms with Gasteiger partial charge in [-0.15, -0.1) is 26.3 Å². The summed E-state index contributed by atoms with van der Waals surface area (Å²) >= 11 is 0. The topological polar surface area (TPSA) is 13.0 Å². The molecule has 0 heterocycles. The van der Waals surface area contributed by atoms with Crippen molar-refractivity contribution in [3.8, 4) is 0 Å². The molecule has 0 saturated heterocycles. The highest BCUT2D eigenvalue weighted by Crippen LogP contribution is 2.30. The Hall–Kier alpha value is -4.18. The van der Waals surface area contributed by atoms with Gasteiger partial charge in [0.2, 0.25) is 0 Å². The van der Waals surface area contributed by atoms with Crippen LogP contribution in [-0.4, -0.2) is 40.3 Å². The molecule has 0 radical (unpaired) electrons. The lowest BCUT2D eigenvalue weighted by Crippen LogP contribution is -2.23. The summed E-state index contributed by atoms with van der Waals surface area (Å²) in [7, 11) is 4.19. The van der Waals surface area contributed by atoms with Crippen LogP contribution in [0.15, 0.2) is 123 Å². The molecule has 36 heavy (non-hydrogen) atoms. The minimum atomic E-state index is 0.792. The Balaban J connectivity index is 1.70. The summed E-state index contributed by atoms with van der Waals surface area (Å²) in [5, 5.41) is 0. The Morgan fingerprint density at radius 1 is 0.417 bits per heavy atom. The number of hydrogen-bond donors (Lipinski definition) is 0. The Kier molecular flexibility index (Phi) is 9.58. The normalized spacial score (nSPS) is 10.3. The second kappa shape index (κ2) is 13.1. The van der Waals surface area contributed by atoms with E-state index in [1.165, 1.54) is 0 Å². The predicted octanol–water partition coefficient (Wildman–Crippen LogP) is 7.58. The summed E-state index contributed by atoms with van der Waals surface area (Å²) in [4.78, 5) is 8.86. The Bertz CT molecular complexity index is 1020. The third kappa shape index (κ3) is 6.48. The van der Waals surface area contributed by atoms with Crippen molar-refractivity contribution >= 4 is 34.1 Å². The average Bonchev–Trinajstić information content (AvgIpc) is 2.92. The fraction of sp³-hybridized carbons (Fsp3) is 0.188. The molecule has 0 unspecified atom stereocenters. The van der Waals surface area contributed by atoms with Crippen molar-refractivity contribution in [1.29, 1.82) is 0 Å². The predicted molar refractivity (Wildman–Crippen MR) is 161 cm³/mol. The maximum Gasteiger partial charge on any atom is 0.0409 e. The van der Waals surface area contributed by atoms with E-state index in [0.717, 1.165) is 60.3 Å². The van der Waals surface area contributed by atoms with Crippen molar-refractivity contribution in [3.63, 3.8) is 0 Å². The average molecular weight is 479 g/mol. The van der Waals surface area contributed by atoms with E-state index in [-0.39, 0.29) is 0 Å². The van der Waals surface area contributed by atoms with Gasteiger partial charge in [-0.1, -0.05) is 24.3 Å². The third-order valence-corrected chi connectivity index (χ3v) is 6.23. The molecular weight excluding hydrogens is 440 g/mol. The van der Waals surface area contributed by atoms with Gasteiger partial charge in [-0.2, -0.15) is 0 Å². The fourth-order valence-corrected chi connectivity index (χ4v) is 4.17. The number of hydrogen-bond acceptors (Lipinski definition) is 4. The van der Waals surface area contributed by atoms with Gasteiger partial charge in [0.15, 0.2) is 0 Å². The fourth-order valence-electron chi connectivity index (χ4n) is 4.17. The molecule has 0 N–H and O–H groups in total. The van der Waals surface area contributed by atoms with Gasteiger partial charge < -0.3 is 19.6 Å². The van der Waals surface area contributed by atoms with Gasteiger partial charge in [-0.3, -0.25) is 0 Å². The summed E-state index contributed by atoms with van der Waals surface area (Å²) in [6.07, 6.45) is 7.65. The maximum atomic E-state index is 3.86. The van der Waals surface area contributed by atoms with Crippen LogP contribution in [0, 0.1) is 0 Å². The van der Waals surface area contributed by atoms with Crippen LogP contribution in [0.1, 0.15) is 0 Å². The van der Waals surface area contributed by atoms with Gasteiger partial charge >= 0.3 is 0 Å².